The monoisotopic (exact) mass is 176 g/mol. The molecule has 0 radical (unpaired) electrons. The standard InChI is InChI=1S/C6H12N2O4/c1-3(2)4(5(9)12-8)11-6(7)10/h3-4H,8H2,1-2H3,(H2,7,10). The van der Waals surface area contributed by atoms with E-state index in [9.17, 15) is 9.59 Å². The first-order valence-corrected chi connectivity index (χ1v) is 3.35. The number of rotatable bonds is 3. The zero-order valence-corrected chi connectivity index (χ0v) is 6.94. The van der Waals surface area contributed by atoms with Gasteiger partial charge >= 0.3 is 12.1 Å². The van der Waals surface area contributed by atoms with Crippen LogP contribution < -0.4 is 11.6 Å². The summed E-state index contributed by atoms with van der Waals surface area (Å²) in [6.45, 7) is 3.34. The Labute approximate surface area is 69.7 Å². The molecule has 0 fully saturated rings. The number of nitrogens with two attached hydrogens (primary N) is 2. The van der Waals surface area contributed by atoms with Crippen LogP contribution in [0.2, 0.25) is 0 Å². The molecule has 0 saturated carbocycles. The molecule has 0 spiro atoms. The summed E-state index contributed by atoms with van der Waals surface area (Å²) >= 11 is 0. The highest BCUT2D eigenvalue weighted by Crippen LogP contribution is 2.07. The maximum absolute atomic E-state index is 10.8. The largest absolute Gasteiger partial charge is 0.434 e. The van der Waals surface area contributed by atoms with E-state index in [0.717, 1.165) is 0 Å². The van der Waals surface area contributed by atoms with Crippen molar-refractivity contribution < 1.29 is 19.2 Å². The van der Waals surface area contributed by atoms with Gasteiger partial charge in [0.2, 0.25) is 6.10 Å². The molecule has 6 nitrogen and oxygen atoms in total. The Morgan fingerprint density at radius 1 is 1.33 bits per heavy atom. The second kappa shape index (κ2) is 4.55. The molecular formula is C6H12N2O4. The predicted octanol–water partition coefficient (Wildman–Crippen LogP) is -0.477. The molecule has 0 aromatic carbocycles. The van der Waals surface area contributed by atoms with Crippen molar-refractivity contribution in [2.45, 2.75) is 20.0 Å². The lowest BCUT2D eigenvalue weighted by Crippen LogP contribution is -2.36. The summed E-state index contributed by atoms with van der Waals surface area (Å²) in [4.78, 5) is 25.0. The van der Waals surface area contributed by atoms with E-state index >= 15 is 0 Å². The highest BCUT2D eigenvalue weighted by atomic mass is 16.7. The molecule has 0 saturated heterocycles. The number of hydrogen-bond acceptors (Lipinski definition) is 5. The van der Waals surface area contributed by atoms with Crippen molar-refractivity contribution in [2.24, 2.45) is 17.5 Å². The van der Waals surface area contributed by atoms with Crippen molar-refractivity contribution >= 4 is 12.1 Å². The lowest BCUT2D eigenvalue weighted by molar-refractivity contribution is -0.156. The van der Waals surface area contributed by atoms with Crippen LogP contribution in [0.15, 0.2) is 0 Å². The predicted molar refractivity (Wildman–Crippen MR) is 39.6 cm³/mol. The van der Waals surface area contributed by atoms with Gasteiger partial charge in [-0.1, -0.05) is 13.8 Å². The van der Waals surface area contributed by atoms with Gasteiger partial charge in [0.25, 0.3) is 0 Å². The van der Waals surface area contributed by atoms with Crippen LogP contribution in [-0.4, -0.2) is 18.2 Å². The molecule has 0 aliphatic heterocycles. The van der Waals surface area contributed by atoms with E-state index in [1.165, 1.54) is 0 Å². The summed E-state index contributed by atoms with van der Waals surface area (Å²) in [6, 6.07) is 0. The Hall–Kier alpha value is -1.30. The molecule has 4 N–H and O–H groups in total. The second-order valence-corrected chi connectivity index (χ2v) is 2.54. The smallest absolute Gasteiger partial charge is 0.405 e. The molecule has 0 aromatic rings. The molecule has 0 heterocycles. The summed E-state index contributed by atoms with van der Waals surface area (Å²) in [5.41, 5.74) is 4.71. The molecule has 0 aliphatic carbocycles. The molecule has 0 bridgehead atoms. The van der Waals surface area contributed by atoms with Gasteiger partial charge in [-0.05, 0) is 0 Å². The minimum atomic E-state index is -1.03. The number of amides is 1. The number of ether oxygens (including phenoxy) is 1. The van der Waals surface area contributed by atoms with Gasteiger partial charge in [-0.3, -0.25) is 0 Å². The molecule has 0 aliphatic rings. The second-order valence-electron chi connectivity index (χ2n) is 2.54. The van der Waals surface area contributed by atoms with E-state index in [1.54, 1.807) is 13.8 Å². The number of hydrogen-bond donors (Lipinski definition) is 2. The van der Waals surface area contributed by atoms with Crippen molar-refractivity contribution in [2.75, 3.05) is 0 Å². The molecule has 70 valence electrons. The highest BCUT2D eigenvalue weighted by molar-refractivity contribution is 5.78. The van der Waals surface area contributed by atoms with Crippen LogP contribution in [-0.2, 0) is 14.4 Å². The third-order valence-electron chi connectivity index (χ3n) is 1.20. The number of primary amides is 1. The first-order chi connectivity index (χ1) is 5.49. The molecule has 12 heavy (non-hydrogen) atoms. The quantitative estimate of drug-likeness (QED) is 0.565. The normalized spacial score (nSPS) is 12.3. The molecule has 1 unspecified atom stereocenters. The van der Waals surface area contributed by atoms with Crippen molar-refractivity contribution in [1.29, 1.82) is 0 Å². The van der Waals surface area contributed by atoms with Crippen molar-refractivity contribution in [1.82, 2.24) is 0 Å². The number of carbonyl (C=O) groups excluding carboxylic acids is 2. The van der Waals surface area contributed by atoms with E-state index in [-0.39, 0.29) is 5.92 Å². The lowest BCUT2D eigenvalue weighted by Gasteiger charge is -2.16. The van der Waals surface area contributed by atoms with E-state index in [1.807, 2.05) is 0 Å². The van der Waals surface area contributed by atoms with Gasteiger partial charge in [0.05, 0.1) is 0 Å². The van der Waals surface area contributed by atoms with Crippen LogP contribution in [0, 0.1) is 5.92 Å². The molecule has 0 rings (SSSR count). The minimum Gasteiger partial charge on any atom is -0.434 e. The summed E-state index contributed by atoms with van der Waals surface area (Å²) in [7, 11) is 0. The van der Waals surface area contributed by atoms with E-state index in [4.69, 9.17) is 5.73 Å². The Balaban J connectivity index is 4.23. The third kappa shape index (κ3) is 3.20. The van der Waals surface area contributed by atoms with E-state index in [0.29, 0.717) is 0 Å². The van der Waals surface area contributed by atoms with Crippen LogP contribution in [0.3, 0.4) is 0 Å². The zero-order valence-electron chi connectivity index (χ0n) is 6.94. The van der Waals surface area contributed by atoms with E-state index < -0.39 is 18.2 Å². The fraction of sp³-hybridized carbons (Fsp3) is 0.667. The van der Waals surface area contributed by atoms with Crippen molar-refractivity contribution in [3.05, 3.63) is 0 Å². The Morgan fingerprint density at radius 3 is 2.08 bits per heavy atom. The summed E-state index contributed by atoms with van der Waals surface area (Å²) in [5, 5.41) is 0. The average Bonchev–Trinajstić information content (AvgIpc) is 1.98. The molecular weight excluding hydrogens is 164 g/mol. The van der Waals surface area contributed by atoms with Gasteiger partial charge in [-0.25, -0.2) is 9.59 Å². The fourth-order valence-corrected chi connectivity index (χ4v) is 0.649. The zero-order chi connectivity index (χ0) is 9.72. The molecule has 0 aromatic heterocycles. The summed E-state index contributed by atoms with van der Waals surface area (Å²) < 4.78 is 4.45. The maximum Gasteiger partial charge on any atom is 0.405 e. The molecule has 1 atom stereocenters. The summed E-state index contributed by atoms with van der Waals surface area (Å²) in [5.74, 6) is 3.56. The van der Waals surface area contributed by atoms with Crippen LogP contribution in [0.5, 0.6) is 0 Å². The first-order valence-electron chi connectivity index (χ1n) is 3.35. The number of carbonyl (C=O) groups is 2. The highest BCUT2D eigenvalue weighted by Gasteiger charge is 2.26. The topological polar surface area (TPSA) is 105 Å². The van der Waals surface area contributed by atoms with Crippen LogP contribution in [0.25, 0.3) is 0 Å². The SMILES string of the molecule is CC(C)C(OC(N)=O)C(=O)ON. The maximum atomic E-state index is 10.8. The third-order valence-corrected chi connectivity index (χ3v) is 1.20. The fourth-order valence-electron chi connectivity index (χ4n) is 0.649. The van der Waals surface area contributed by atoms with Crippen molar-refractivity contribution in [3.8, 4) is 0 Å². The Morgan fingerprint density at radius 2 is 1.83 bits per heavy atom. The van der Waals surface area contributed by atoms with Gasteiger partial charge in [0.15, 0.2) is 0 Å². The first kappa shape index (κ1) is 10.7. The minimum absolute atomic E-state index is 0.228. The van der Waals surface area contributed by atoms with Crippen LogP contribution >= 0.6 is 0 Å². The van der Waals surface area contributed by atoms with Gasteiger partial charge in [-0.2, -0.15) is 5.90 Å². The van der Waals surface area contributed by atoms with Crippen LogP contribution in [0.1, 0.15) is 13.8 Å². The van der Waals surface area contributed by atoms with Crippen molar-refractivity contribution in [3.63, 3.8) is 0 Å². The summed E-state index contributed by atoms with van der Waals surface area (Å²) in [6.07, 6.45) is -2.06. The van der Waals surface area contributed by atoms with E-state index in [2.05, 4.69) is 15.5 Å². The van der Waals surface area contributed by atoms with Gasteiger partial charge in [0.1, 0.15) is 0 Å². The van der Waals surface area contributed by atoms with Crippen LogP contribution in [0.4, 0.5) is 4.79 Å². The Kier molecular flexibility index (Phi) is 4.06. The Bertz CT molecular complexity index is 180. The average molecular weight is 176 g/mol. The van der Waals surface area contributed by atoms with Gasteiger partial charge in [-0.15, -0.1) is 0 Å². The lowest BCUT2D eigenvalue weighted by atomic mass is 10.1. The molecule has 6 heteroatoms. The van der Waals surface area contributed by atoms with Gasteiger partial charge in [0, 0.05) is 5.92 Å². The van der Waals surface area contributed by atoms with Gasteiger partial charge < -0.3 is 15.3 Å². The molecule has 1 amide bonds.